The SMILES string of the molecule is O=C(NC(=S)N[C@@]1(c2ccc(F)cc2F)CO[C@@H](COCc2ccccc2)C[C@H]1C(O)CF)c1ccccc1. The van der Waals surface area contributed by atoms with E-state index in [2.05, 4.69) is 10.6 Å². The molecule has 1 fully saturated rings. The number of aliphatic hydroxyl groups is 1. The predicted molar refractivity (Wildman–Crippen MR) is 144 cm³/mol. The lowest BCUT2D eigenvalue weighted by Gasteiger charge is -2.49. The molecule has 0 bridgehead atoms. The Hall–Kier alpha value is -3.31. The van der Waals surface area contributed by atoms with E-state index in [0.717, 1.165) is 11.6 Å². The number of hydrogen-bond donors (Lipinski definition) is 3. The lowest BCUT2D eigenvalue weighted by atomic mass is 9.71. The summed E-state index contributed by atoms with van der Waals surface area (Å²) < 4.78 is 54.8. The number of aliphatic hydroxyl groups excluding tert-OH is 1. The maximum atomic E-state index is 15.2. The molecular weight excluding hydrogens is 529 g/mol. The molecule has 4 atom stereocenters. The topological polar surface area (TPSA) is 79.8 Å². The Bertz CT molecular complexity index is 1270. The van der Waals surface area contributed by atoms with Crippen LogP contribution in [0.25, 0.3) is 0 Å². The third-order valence-corrected chi connectivity index (χ3v) is 6.95. The zero-order valence-corrected chi connectivity index (χ0v) is 21.8. The van der Waals surface area contributed by atoms with Crippen LogP contribution in [0.1, 0.15) is 27.9 Å². The second-order valence-electron chi connectivity index (χ2n) is 9.37. The number of thiocarbonyl (C=S) groups is 1. The molecule has 1 unspecified atom stereocenters. The molecule has 0 aromatic heterocycles. The summed E-state index contributed by atoms with van der Waals surface area (Å²) in [6, 6.07) is 20.7. The number of halogens is 3. The molecule has 0 aliphatic carbocycles. The van der Waals surface area contributed by atoms with Gasteiger partial charge in [0.15, 0.2) is 5.11 Å². The first-order chi connectivity index (χ1) is 18.8. The highest BCUT2D eigenvalue weighted by atomic mass is 32.1. The normalized spacial score (nSPS) is 21.6. The van der Waals surface area contributed by atoms with Gasteiger partial charge in [0.2, 0.25) is 0 Å². The van der Waals surface area contributed by atoms with Crippen molar-refractivity contribution in [3.63, 3.8) is 0 Å². The molecule has 3 N–H and O–H groups in total. The van der Waals surface area contributed by atoms with Gasteiger partial charge in [-0.25, -0.2) is 13.2 Å². The number of rotatable bonds is 9. The molecule has 4 rings (SSSR count). The largest absolute Gasteiger partial charge is 0.390 e. The molecular formula is C29H29F3N2O4S. The number of amides is 1. The number of carbonyl (C=O) groups excluding carboxylic acids is 1. The Morgan fingerprint density at radius 3 is 2.46 bits per heavy atom. The Balaban J connectivity index is 1.58. The average Bonchev–Trinajstić information content (AvgIpc) is 2.94. The highest BCUT2D eigenvalue weighted by molar-refractivity contribution is 7.80. The second kappa shape index (κ2) is 13.2. The maximum Gasteiger partial charge on any atom is 0.257 e. The van der Waals surface area contributed by atoms with E-state index in [1.807, 2.05) is 30.3 Å². The van der Waals surface area contributed by atoms with Crippen molar-refractivity contribution in [1.82, 2.24) is 10.6 Å². The van der Waals surface area contributed by atoms with Crippen molar-refractivity contribution in [2.75, 3.05) is 19.9 Å². The van der Waals surface area contributed by atoms with Crippen LogP contribution in [0.2, 0.25) is 0 Å². The molecule has 3 aromatic rings. The van der Waals surface area contributed by atoms with Crippen LogP contribution in [-0.2, 0) is 21.6 Å². The number of hydrogen-bond acceptors (Lipinski definition) is 5. The Morgan fingerprint density at radius 1 is 1.10 bits per heavy atom. The summed E-state index contributed by atoms with van der Waals surface area (Å²) in [5.41, 5.74) is -0.418. The van der Waals surface area contributed by atoms with Gasteiger partial charge in [-0.2, -0.15) is 0 Å². The number of ether oxygens (including phenoxy) is 2. The summed E-state index contributed by atoms with van der Waals surface area (Å²) in [4.78, 5) is 12.7. The van der Waals surface area contributed by atoms with Crippen molar-refractivity contribution in [3.05, 3.63) is 107 Å². The molecule has 1 aliphatic rings. The molecule has 0 radical (unpaired) electrons. The van der Waals surface area contributed by atoms with Gasteiger partial charge in [0.25, 0.3) is 5.91 Å². The number of nitrogens with one attached hydrogen (secondary N) is 2. The van der Waals surface area contributed by atoms with Crippen LogP contribution in [-0.4, -0.2) is 48.2 Å². The summed E-state index contributed by atoms with van der Waals surface area (Å²) in [5.74, 6) is -3.24. The van der Waals surface area contributed by atoms with Gasteiger partial charge in [0.05, 0.1) is 37.6 Å². The molecule has 0 spiro atoms. The quantitative estimate of drug-likeness (QED) is 0.338. The Morgan fingerprint density at radius 2 is 1.79 bits per heavy atom. The summed E-state index contributed by atoms with van der Waals surface area (Å²) >= 11 is 5.39. The van der Waals surface area contributed by atoms with E-state index in [1.165, 1.54) is 6.07 Å². The Kier molecular flexibility index (Phi) is 9.68. The zero-order valence-electron chi connectivity index (χ0n) is 21.0. The van der Waals surface area contributed by atoms with Crippen molar-refractivity contribution in [1.29, 1.82) is 0 Å². The fourth-order valence-electron chi connectivity index (χ4n) is 4.82. The van der Waals surface area contributed by atoms with Gasteiger partial charge >= 0.3 is 0 Å². The standard InChI is InChI=1S/C29H29F3N2O4S/c30-15-26(35)24-14-22(17-37-16-19-7-3-1-4-8-19)38-18-29(24,23-12-11-21(31)13-25(23)32)34-28(39)33-27(36)20-9-5-2-6-10-20/h1-13,22,24,26,35H,14-18H2,(H2,33,34,36,39)/t22-,24+,26?,29-/m1/s1. The smallest absolute Gasteiger partial charge is 0.257 e. The minimum absolute atomic E-state index is 0.0684. The van der Waals surface area contributed by atoms with Crippen LogP contribution in [0.3, 0.4) is 0 Å². The molecule has 3 aromatic carbocycles. The minimum atomic E-state index is -1.62. The molecule has 206 valence electrons. The summed E-state index contributed by atoms with van der Waals surface area (Å²) in [6.07, 6.45) is -2.03. The van der Waals surface area contributed by atoms with Gasteiger partial charge < -0.3 is 19.9 Å². The maximum absolute atomic E-state index is 15.2. The van der Waals surface area contributed by atoms with Gasteiger partial charge in [0, 0.05) is 23.1 Å². The van der Waals surface area contributed by atoms with Crippen LogP contribution in [0.4, 0.5) is 13.2 Å². The lowest BCUT2D eigenvalue weighted by molar-refractivity contribution is -0.129. The number of carbonyl (C=O) groups is 1. The van der Waals surface area contributed by atoms with E-state index in [0.29, 0.717) is 18.2 Å². The molecule has 6 nitrogen and oxygen atoms in total. The molecule has 39 heavy (non-hydrogen) atoms. The molecule has 1 amide bonds. The third-order valence-electron chi connectivity index (χ3n) is 6.75. The van der Waals surface area contributed by atoms with E-state index in [1.54, 1.807) is 30.3 Å². The highest BCUT2D eigenvalue weighted by Gasteiger charge is 2.51. The van der Waals surface area contributed by atoms with Crippen molar-refractivity contribution in [2.24, 2.45) is 5.92 Å². The van der Waals surface area contributed by atoms with Crippen LogP contribution in [0.5, 0.6) is 0 Å². The van der Waals surface area contributed by atoms with E-state index >= 15 is 4.39 Å². The Labute approximate surface area is 230 Å². The van der Waals surface area contributed by atoms with E-state index < -0.39 is 47.9 Å². The fraction of sp³-hybridized carbons (Fsp3) is 0.310. The molecule has 1 aliphatic heterocycles. The minimum Gasteiger partial charge on any atom is -0.390 e. The molecule has 10 heteroatoms. The molecule has 1 heterocycles. The van der Waals surface area contributed by atoms with Gasteiger partial charge in [-0.05, 0) is 42.4 Å². The lowest BCUT2D eigenvalue weighted by Crippen LogP contribution is -2.63. The van der Waals surface area contributed by atoms with Crippen molar-refractivity contribution < 1.29 is 32.5 Å². The van der Waals surface area contributed by atoms with Crippen LogP contribution < -0.4 is 10.6 Å². The van der Waals surface area contributed by atoms with E-state index in [9.17, 15) is 18.7 Å². The predicted octanol–water partition coefficient (Wildman–Crippen LogP) is 4.42. The first kappa shape index (κ1) is 28.7. The van der Waals surface area contributed by atoms with Gasteiger partial charge in [-0.3, -0.25) is 10.1 Å². The monoisotopic (exact) mass is 558 g/mol. The van der Waals surface area contributed by atoms with Crippen molar-refractivity contribution in [3.8, 4) is 0 Å². The van der Waals surface area contributed by atoms with Crippen LogP contribution >= 0.6 is 12.2 Å². The summed E-state index contributed by atoms with van der Waals surface area (Å²) in [6.45, 7) is -0.931. The summed E-state index contributed by atoms with van der Waals surface area (Å²) in [5, 5.41) is 16.1. The molecule has 1 saturated heterocycles. The van der Waals surface area contributed by atoms with E-state index in [-0.39, 0.29) is 30.3 Å². The summed E-state index contributed by atoms with van der Waals surface area (Å²) in [7, 11) is 0. The second-order valence-corrected chi connectivity index (χ2v) is 9.78. The third kappa shape index (κ3) is 7.02. The highest BCUT2D eigenvalue weighted by Crippen LogP contribution is 2.41. The zero-order chi connectivity index (χ0) is 27.8. The van der Waals surface area contributed by atoms with Crippen molar-refractivity contribution in [2.45, 2.75) is 30.8 Å². The van der Waals surface area contributed by atoms with Gasteiger partial charge in [-0.15, -0.1) is 0 Å². The van der Waals surface area contributed by atoms with Gasteiger partial charge in [0.1, 0.15) is 18.3 Å². The fourth-order valence-corrected chi connectivity index (χ4v) is 5.10. The van der Waals surface area contributed by atoms with Crippen molar-refractivity contribution >= 4 is 23.2 Å². The molecule has 0 saturated carbocycles. The first-order valence-electron chi connectivity index (χ1n) is 12.4. The van der Waals surface area contributed by atoms with E-state index in [4.69, 9.17) is 21.7 Å². The average molecular weight is 559 g/mol. The van der Waals surface area contributed by atoms with Gasteiger partial charge in [-0.1, -0.05) is 54.6 Å². The van der Waals surface area contributed by atoms with Crippen LogP contribution in [0.15, 0.2) is 78.9 Å². The number of alkyl halides is 1. The van der Waals surface area contributed by atoms with Crippen LogP contribution in [0, 0.1) is 17.6 Å². The first-order valence-corrected chi connectivity index (χ1v) is 12.8. The number of benzene rings is 3.